The van der Waals surface area contributed by atoms with Crippen LogP contribution < -0.4 is 0 Å². The molecule has 0 aromatic carbocycles. The van der Waals surface area contributed by atoms with Gasteiger partial charge in [-0.05, 0) is 39.8 Å². The SMILES string of the molecule is Cc1noc([C@@]23CCN(C)C[C@@H]2CN(Cc2conc2C)C3)n1. The van der Waals surface area contributed by atoms with Crippen molar-refractivity contribution in [3.63, 3.8) is 0 Å². The van der Waals surface area contributed by atoms with Crippen molar-refractivity contribution >= 4 is 0 Å². The smallest absolute Gasteiger partial charge is 0.234 e. The van der Waals surface area contributed by atoms with Crippen LogP contribution in [-0.4, -0.2) is 58.3 Å². The maximum Gasteiger partial charge on any atom is 0.234 e. The predicted octanol–water partition coefficient (Wildman–Crippen LogP) is 1.38. The molecule has 0 saturated carbocycles. The van der Waals surface area contributed by atoms with Gasteiger partial charge >= 0.3 is 0 Å². The van der Waals surface area contributed by atoms with Gasteiger partial charge in [0.05, 0.1) is 11.1 Å². The van der Waals surface area contributed by atoms with Crippen LogP contribution in [0.5, 0.6) is 0 Å². The van der Waals surface area contributed by atoms with E-state index in [4.69, 9.17) is 9.05 Å². The minimum atomic E-state index is -0.0150. The van der Waals surface area contributed by atoms with Crippen LogP contribution in [0, 0.1) is 19.8 Å². The van der Waals surface area contributed by atoms with Crippen molar-refractivity contribution < 1.29 is 9.05 Å². The zero-order valence-corrected chi connectivity index (χ0v) is 13.9. The molecule has 0 radical (unpaired) electrons. The average molecular weight is 317 g/mol. The topological polar surface area (TPSA) is 71.4 Å². The number of hydrogen-bond donors (Lipinski definition) is 0. The van der Waals surface area contributed by atoms with Gasteiger partial charge in [0.1, 0.15) is 6.26 Å². The summed E-state index contributed by atoms with van der Waals surface area (Å²) in [7, 11) is 2.19. The van der Waals surface area contributed by atoms with Gasteiger partial charge in [0.25, 0.3) is 0 Å². The molecule has 0 aliphatic carbocycles. The van der Waals surface area contributed by atoms with Crippen molar-refractivity contribution in [1.82, 2.24) is 25.1 Å². The summed E-state index contributed by atoms with van der Waals surface area (Å²) in [6, 6.07) is 0. The molecule has 2 atom stereocenters. The Morgan fingerprint density at radius 1 is 1.30 bits per heavy atom. The molecule has 4 rings (SSSR count). The summed E-state index contributed by atoms with van der Waals surface area (Å²) in [6.07, 6.45) is 2.82. The van der Waals surface area contributed by atoms with Crippen molar-refractivity contribution in [1.29, 1.82) is 0 Å². The molecule has 2 aromatic heterocycles. The number of nitrogens with zero attached hydrogens (tertiary/aromatic N) is 5. The largest absolute Gasteiger partial charge is 0.364 e. The van der Waals surface area contributed by atoms with Gasteiger partial charge in [-0.25, -0.2) is 0 Å². The Balaban J connectivity index is 1.62. The molecule has 2 fully saturated rings. The minimum Gasteiger partial charge on any atom is -0.364 e. The number of fused-ring (bicyclic) bond motifs is 1. The third-order valence-corrected chi connectivity index (χ3v) is 5.43. The van der Waals surface area contributed by atoms with E-state index in [-0.39, 0.29) is 5.41 Å². The lowest BCUT2D eigenvalue weighted by Gasteiger charge is -2.39. The van der Waals surface area contributed by atoms with E-state index >= 15 is 0 Å². The van der Waals surface area contributed by atoms with E-state index in [1.165, 1.54) is 0 Å². The van der Waals surface area contributed by atoms with E-state index < -0.39 is 0 Å². The molecular formula is C16H23N5O2. The molecule has 0 bridgehead atoms. The monoisotopic (exact) mass is 317 g/mol. The number of aromatic nitrogens is 3. The Kier molecular flexibility index (Phi) is 3.50. The standard InChI is InChI=1S/C16H23N5O2/c1-11-13(9-22-18-11)6-21-8-14-7-20(3)5-4-16(14,10-21)15-17-12(2)19-23-15/h9,14H,4-8,10H2,1-3H3/t14-,16-/m1/s1. The van der Waals surface area contributed by atoms with Crippen LogP contribution in [0.2, 0.25) is 0 Å². The highest BCUT2D eigenvalue weighted by Crippen LogP contribution is 2.44. The highest BCUT2D eigenvalue weighted by atomic mass is 16.5. The second kappa shape index (κ2) is 5.42. The molecule has 124 valence electrons. The van der Waals surface area contributed by atoms with Gasteiger partial charge in [-0.1, -0.05) is 10.3 Å². The molecule has 0 spiro atoms. The summed E-state index contributed by atoms with van der Waals surface area (Å²) in [6.45, 7) is 8.88. The van der Waals surface area contributed by atoms with E-state index in [1.807, 2.05) is 13.8 Å². The van der Waals surface area contributed by atoms with Crippen LogP contribution in [-0.2, 0) is 12.0 Å². The summed E-state index contributed by atoms with van der Waals surface area (Å²) in [5.41, 5.74) is 2.12. The highest BCUT2D eigenvalue weighted by molar-refractivity contribution is 5.19. The quantitative estimate of drug-likeness (QED) is 0.847. The molecule has 23 heavy (non-hydrogen) atoms. The predicted molar refractivity (Wildman–Crippen MR) is 82.8 cm³/mol. The fourth-order valence-electron chi connectivity index (χ4n) is 4.13. The second-order valence-corrected chi connectivity index (χ2v) is 7.11. The lowest BCUT2D eigenvalue weighted by atomic mass is 9.72. The normalized spacial score (nSPS) is 29.1. The fourth-order valence-corrected chi connectivity index (χ4v) is 4.13. The van der Waals surface area contributed by atoms with Gasteiger partial charge in [0.2, 0.25) is 5.89 Å². The molecule has 4 heterocycles. The summed E-state index contributed by atoms with van der Waals surface area (Å²) < 4.78 is 10.7. The lowest BCUT2D eigenvalue weighted by molar-refractivity contribution is 0.118. The van der Waals surface area contributed by atoms with Crippen LogP contribution >= 0.6 is 0 Å². The number of hydrogen-bond acceptors (Lipinski definition) is 7. The third-order valence-electron chi connectivity index (χ3n) is 5.43. The van der Waals surface area contributed by atoms with Gasteiger partial charge in [-0.15, -0.1) is 0 Å². The van der Waals surface area contributed by atoms with Crippen LogP contribution in [0.25, 0.3) is 0 Å². The van der Waals surface area contributed by atoms with E-state index in [0.717, 1.165) is 62.1 Å². The van der Waals surface area contributed by atoms with Gasteiger partial charge < -0.3 is 13.9 Å². The Morgan fingerprint density at radius 2 is 2.17 bits per heavy atom. The Labute approximate surface area is 135 Å². The summed E-state index contributed by atoms with van der Waals surface area (Å²) in [4.78, 5) is 9.47. The molecule has 0 amide bonds. The van der Waals surface area contributed by atoms with Crippen LogP contribution in [0.1, 0.15) is 29.4 Å². The van der Waals surface area contributed by atoms with Crippen LogP contribution in [0.15, 0.2) is 15.3 Å². The molecule has 2 aliphatic heterocycles. The summed E-state index contributed by atoms with van der Waals surface area (Å²) in [5, 5.41) is 8.03. The molecular weight excluding hydrogens is 294 g/mol. The molecule has 2 aliphatic rings. The van der Waals surface area contributed by atoms with Crippen molar-refractivity contribution in [2.75, 3.05) is 33.2 Å². The average Bonchev–Trinajstić information content (AvgIpc) is 3.19. The maximum absolute atomic E-state index is 5.61. The van der Waals surface area contributed by atoms with Crippen LogP contribution in [0.4, 0.5) is 0 Å². The van der Waals surface area contributed by atoms with Crippen LogP contribution in [0.3, 0.4) is 0 Å². The van der Waals surface area contributed by atoms with Crippen molar-refractivity contribution in [2.45, 2.75) is 32.2 Å². The first-order chi connectivity index (χ1) is 11.1. The van der Waals surface area contributed by atoms with Crippen molar-refractivity contribution in [2.24, 2.45) is 5.92 Å². The van der Waals surface area contributed by atoms with Crippen molar-refractivity contribution in [3.8, 4) is 0 Å². The minimum absolute atomic E-state index is 0.0150. The van der Waals surface area contributed by atoms with E-state index in [9.17, 15) is 0 Å². The molecule has 7 heteroatoms. The third kappa shape index (κ3) is 2.48. The van der Waals surface area contributed by atoms with E-state index in [1.54, 1.807) is 6.26 Å². The Hall–Kier alpha value is -1.73. The van der Waals surface area contributed by atoms with Gasteiger partial charge in [-0.3, -0.25) is 4.90 Å². The van der Waals surface area contributed by atoms with E-state index in [0.29, 0.717) is 5.92 Å². The highest BCUT2D eigenvalue weighted by Gasteiger charge is 2.53. The number of aryl methyl sites for hydroxylation is 2. The van der Waals surface area contributed by atoms with Gasteiger partial charge in [0.15, 0.2) is 5.82 Å². The first-order valence-electron chi connectivity index (χ1n) is 8.18. The molecule has 7 nitrogen and oxygen atoms in total. The Bertz CT molecular complexity index is 696. The number of piperidine rings is 1. The van der Waals surface area contributed by atoms with Gasteiger partial charge in [-0.2, -0.15) is 4.98 Å². The first-order valence-corrected chi connectivity index (χ1v) is 8.18. The zero-order valence-electron chi connectivity index (χ0n) is 13.9. The zero-order chi connectivity index (χ0) is 16.0. The summed E-state index contributed by atoms with van der Waals surface area (Å²) in [5.74, 6) is 2.05. The number of rotatable bonds is 3. The molecule has 0 N–H and O–H groups in total. The first kappa shape index (κ1) is 14.8. The van der Waals surface area contributed by atoms with E-state index in [2.05, 4.69) is 32.1 Å². The Morgan fingerprint density at radius 3 is 2.87 bits per heavy atom. The maximum atomic E-state index is 5.61. The fraction of sp³-hybridized carbons (Fsp3) is 0.688. The molecule has 2 aromatic rings. The second-order valence-electron chi connectivity index (χ2n) is 7.11. The molecule has 2 saturated heterocycles. The number of likely N-dealkylation sites (tertiary alicyclic amines) is 2. The van der Waals surface area contributed by atoms with Gasteiger partial charge in [0, 0.05) is 31.7 Å². The van der Waals surface area contributed by atoms with Crippen molar-refractivity contribution in [3.05, 3.63) is 29.2 Å². The summed E-state index contributed by atoms with van der Waals surface area (Å²) >= 11 is 0. The molecule has 0 unspecified atom stereocenters. The lowest BCUT2D eigenvalue weighted by Crippen LogP contribution is -2.48.